The summed E-state index contributed by atoms with van der Waals surface area (Å²) in [6.45, 7) is 4.27. The van der Waals surface area contributed by atoms with E-state index < -0.39 is 0 Å². The number of nitrogens with one attached hydrogen (secondary N) is 3. The zero-order valence-corrected chi connectivity index (χ0v) is 15.9. The third-order valence-electron chi connectivity index (χ3n) is 5.69. The van der Waals surface area contributed by atoms with E-state index >= 15 is 0 Å². The van der Waals surface area contributed by atoms with Crippen molar-refractivity contribution in [2.45, 2.75) is 50.7 Å². The van der Waals surface area contributed by atoms with Crippen molar-refractivity contribution >= 4 is 5.78 Å². The van der Waals surface area contributed by atoms with Crippen LogP contribution in [0.25, 0.3) is 0 Å². The summed E-state index contributed by atoms with van der Waals surface area (Å²) in [5.74, 6) is 0.735. The molecule has 0 spiro atoms. The van der Waals surface area contributed by atoms with E-state index in [2.05, 4.69) is 78.5 Å². The van der Waals surface area contributed by atoms with Crippen LogP contribution < -0.4 is 16.2 Å². The van der Waals surface area contributed by atoms with Gasteiger partial charge in [0.05, 0.1) is 6.17 Å². The molecule has 27 heavy (non-hydrogen) atoms. The van der Waals surface area contributed by atoms with Crippen molar-refractivity contribution in [1.29, 1.82) is 0 Å². The lowest BCUT2D eigenvalue weighted by Gasteiger charge is -2.28. The quantitative estimate of drug-likeness (QED) is 0.780. The Morgan fingerprint density at radius 3 is 2.41 bits per heavy atom. The molecule has 1 saturated heterocycles. The number of carbonyl (C=O) groups is 1. The Bertz CT molecular complexity index is 828. The number of hydrazine groups is 1. The van der Waals surface area contributed by atoms with Crippen molar-refractivity contribution in [3.8, 4) is 0 Å². The van der Waals surface area contributed by atoms with E-state index in [0.717, 1.165) is 12.1 Å². The molecule has 4 heteroatoms. The topological polar surface area (TPSA) is 53.2 Å². The Kier molecular flexibility index (Phi) is 5.10. The summed E-state index contributed by atoms with van der Waals surface area (Å²) in [6.07, 6.45) is 3.29. The van der Waals surface area contributed by atoms with Gasteiger partial charge in [0.25, 0.3) is 0 Å². The molecule has 0 bridgehead atoms. The van der Waals surface area contributed by atoms with E-state index in [4.69, 9.17) is 0 Å². The average Bonchev–Trinajstić information content (AvgIpc) is 3.02. The highest BCUT2D eigenvalue weighted by Gasteiger charge is 2.35. The fraction of sp³-hybridized carbons (Fsp3) is 0.348. The maximum atomic E-state index is 12.4. The number of allylic oxidation sites excluding steroid dienone is 2. The first-order chi connectivity index (χ1) is 13.1. The lowest BCUT2D eigenvalue weighted by Crippen LogP contribution is -2.43. The van der Waals surface area contributed by atoms with Gasteiger partial charge < -0.3 is 5.32 Å². The molecule has 3 N–H and O–H groups in total. The predicted octanol–water partition coefficient (Wildman–Crippen LogP) is 3.52. The van der Waals surface area contributed by atoms with Gasteiger partial charge in [-0.25, -0.2) is 5.43 Å². The molecule has 2 aromatic carbocycles. The molecule has 1 aliphatic carbocycles. The number of aryl methyl sites for hydroxylation is 1. The third kappa shape index (κ3) is 3.97. The van der Waals surface area contributed by atoms with Crippen LogP contribution in [-0.2, 0) is 4.79 Å². The van der Waals surface area contributed by atoms with Crippen molar-refractivity contribution in [2.24, 2.45) is 0 Å². The second-order valence-electron chi connectivity index (χ2n) is 7.79. The van der Waals surface area contributed by atoms with Crippen LogP contribution in [0.2, 0.25) is 0 Å². The highest BCUT2D eigenvalue weighted by molar-refractivity contribution is 5.92. The number of ketones is 1. The van der Waals surface area contributed by atoms with Crippen molar-refractivity contribution in [3.05, 3.63) is 83.1 Å². The minimum atomic E-state index is 0.0539. The Morgan fingerprint density at radius 2 is 1.67 bits per heavy atom. The molecule has 140 valence electrons. The maximum Gasteiger partial charge on any atom is 0.158 e. The molecule has 2 aliphatic rings. The molecule has 4 nitrogen and oxygen atoms in total. The SMILES string of the molecule is Cc1ccc(C2CC(=O)C=C(NC3NNC(C)C3c3ccccc3)C2)cc1. The van der Waals surface area contributed by atoms with Gasteiger partial charge in [0.15, 0.2) is 5.78 Å². The first-order valence-corrected chi connectivity index (χ1v) is 9.72. The minimum absolute atomic E-state index is 0.0539. The zero-order valence-electron chi connectivity index (χ0n) is 15.9. The first-order valence-electron chi connectivity index (χ1n) is 9.72. The smallest absolute Gasteiger partial charge is 0.158 e. The summed E-state index contributed by atoms with van der Waals surface area (Å²) in [5.41, 5.74) is 11.5. The highest BCUT2D eigenvalue weighted by atomic mass is 16.1. The second kappa shape index (κ2) is 7.67. The van der Waals surface area contributed by atoms with E-state index in [-0.39, 0.29) is 17.9 Å². The predicted molar refractivity (Wildman–Crippen MR) is 108 cm³/mol. The van der Waals surface area contributed by atoms with Gasteiger partial charge in [-0.1, -0.05) is 60.2 Å². The fourth-order valence-electron chi connectivity index (χ4n) is 4.24. The van der Waals surface area contributed by atoms with Gasteiger partial charge in [-0.2, -0.15) is 0 Å². The Balaban J connectivity index is 1.51. The van der Waals surface area contributed by atoms with E-state index in [1.165, 1.54) is 16.7 Å². The molecule has 2 aromatic rings. The van der Waals surface area contributed by atoms with E-state index in [9.17, 15) is 4.79 Å². The van der Waals surface area contributed by atoms with E-state index in [1.807, 2.05) is 6.07 Å². The van der Waals surface area contributed by atoms with Gasteiger partial charge in [0, 0.05) is 30.2 Å². The standard InChI is InChI=1S/C23H27N3O/c1-15-8-10-17(11-9-15)19-12-20(14-21(27)13-19)24-23-22(16(2)25-26-23)18-6-4-3-5-7-18/h3-11,14,16,19,22-26H,12-13H2,1-2H3. The molecule has 0 saturated carbocycles. The molecule has 1 aliphatic heterocycles. The number of hydrogen-bond acceptors (Lipinski definition) is 4. The van der Waals surface area contributed by atoms with Crippen molar-refractivity contribution < 1.29 is 4.79 Å². The molecule has 4 unspecified atom stereocenters. The molecule has 4 atom stereocenters. The van der Waals surface area contributed by atoms with Gasteiger partial charge in [-0.05, 0) is 37.3 Å². The minimum Gasteiger partial charge on any atom is -0.371 e. The van der Waals surface area contributed by atoms with Crippen molar-refractivity contribution in [1.82, 2.24) is 16.2 Å². The van der Waals surface area contributed by atoms with Gasteiger partial charge in [-0.15, -0.1) is 0 Å². The monoisotopic (exact) mass is 361 g/mol. The number of benzene rings is 2. The Hall–Kier alpha value is -2.43. The van der Waals surface area contributed by atoms with Crippen LogP contribution in [-0.4, -0.2) is 18.0 Å². The number of carbonyl (C=O) groups excluding carboxylic acids is 1. The second-order valence-corrected chi connectivity index (χ2v) is 7.79. The maximum absolute atomic E-state index is 12.4. The van der Waals surface area contributed by atoms with Gasteiger partial charge in [0.1, 0.15) is 0 Å². The Labute approximate surface area is 161 Å². The van der Waals surface area contributed by atoms with Gasteiger partial charge >= 0.3 is 0 Å². The summed E-state index contributed by atoms with van der Waals surface area (Å²) >= 11 is 0. The highest BCUT2D eigenvalue weighted by Crippen LogP contribution is 2.32. The Morgan fingerprint density at radius 1 is 0.926 bits per heavy atom. The van der Waals surface area contributed by atoms with Crippen LogP contribution in [0.15, 0.2) is 66.4 Å². The average molecular weight is 361 g/mol. The lowest BCUT2D eigenvalue weighted by molar-refractivity contribution is -0.115. The summed E-state index contributed by atoms with van der Waals surface area (Å²) in [6, 6.07) is 19.4. The number of rotatable bonds is 4. The molecule has 1 heterocycles. The molecular weight excluding hydrogens is 334 g/mol. The number of hydrogen-bond donors (Lipinski definition) is 3. The largest absolute Gasteiger partial charge is 0.371 e. The first kappa shape index (κ1) is 18.0. The van der Waals surface area contributed by atoms with Crippen LogP contribution in [0.5, 0.6) is 0 Å². The van der Waals surface area contributed by atoms with Crippen LogP contribution in [0, 0.1) is 6.92 Å². The lowest BCUT2D eigenvalue weighted by atomic mass is 9.84. The molecule has 4 rings (SSSR count). The summed E-state index contributed by atoms with van der Waals surface area (Å²) in [5, 5.41) is 3.60. The zero-order chi connectivity index (χ0) is 18.8. The van der Waals surface area contributed by atoms with Crippen LogP contribution in [0.3, 0.4) is 0 Å². The summed E-state index contributed by atoms with van der Waals surface area (Å²) in [7, 11) is 0. The van der Waals surface area contributed by atoms with Crippen molar-refractivity contribution in [2.75, 3.05) is 0 Å². The molecule has 1 fully saturated rings. The van der Waals surface area contributed by atoms with E-state index in [0.29, 0.717) is 18.4 Å². The summed E-state index contributed by atoms with van der Waals surface area (Å²) < 4.78 is 0. The van der Waals surface area contributed by atoms with E-state index in [1.54, 1.807) is 6.08 Å². The van der Waals surface area contributed by atoms with Crippen LogP contribution >= 0.6 is 0 Å². The van der Waals surface area contributed by atoms with Crippen LogP contribution in [0.1, 0.15) is 48.3 Å². The van der Waals surface area contributed by atoms with Crippen LogP contribution in [0.4, 0.5) is 0 Å². The molecule has 0 aromatic heterocycles. The molecule has 0 radical (unpaired) electrons. The molecular formula is C23H27N3O. The summed E-state index contributed by atoms with van der Waals surface area (Å²) in [4.78, 5) is 12.4. The van der Waals surface area contributed by atoms with Gasteiger partial charge in [-0.3, -0.25) is 10.2 Å². The normalized spacial score (nSPS) is 28.1. The van der Waals surface area contributed by atoms with Crippen molar-refractivity contribution in [3.63, 3.8) is 0 Å². The van der Waals surface area contributed by atoms with Gasteiger partial charge in [0.2, 0.25) is 0 Å². The third-order valence-corrected chi connectivity index (χ3v) is 5.69. The molecule has 0 amide bonds. The fourth-order valence-corrected chi connectivity index (χ4v) is 4.24.